The van der Waals surface area contributed by atoms with Crippen LogP contribution in [0.15, 0.2) is 6.07 Å². The number of aromatic nitrogens is 2. The zero-order valence-corrected chi connectivity index (χ0v) is 10.2. The van der Waals surface area contributed by atoms with Gasteiger partial charge in [0.05, 0.1) is 0 Å². The first-order valence-electron chi connectivity index (χ1n) is 6.10. The number of hydrogen-bond donors (Lipinski definition) is 2. The van der Waals surface area contributed by atoms with Crippen LogP contribution in [0.25, 0.3) is 0 Å². The van der Waals surface area contributed by atoms with E-state index in [1.807, 2.05) is 6.07 Å². The minimum Gasteiger partial charge on any atom is -0.351 e. The van der Waals surface area contributed by atoms with Gasteiger partial charge in [-0.3, -0.25) is 9.89 Å². The Kier molecular flexibility index (Phi) is 5.61. The maximum atomic E-state index is 11.6. The molecule has 0 fully saturated rings. The van der Waals surface area contributed by atoms with Gasteiger partial charge in [0.1, 0.15) is 5.69 Å². The van der Waals surface area contributed by atoms with Gasteiger partial charge < -0.3 is 5.32 Å². The summed E-state index contributed by atoms with van der Waals surface area (Å²) in [4.78, 5) is 11.6. The summed E-state index contributed by atoms with van der Waals surface area (Å²) in [5.41, 5.74) is 1.53. The lowest BCUT2D eigenvalue weighted by Crippen LogP contribution is -2.24. The molecule has 0 saturated heterocycles. The van der Waals surface area contributed by atoms with Crippen LogP contribution in [0.2, 0.25) is 0 Å². The van der Waals surface area contributed by atoms with Crippen LogP contribution in [-0.4, -0.2) is 22.6 Å². The fraction of sp³-hybridized carbons (Fsp3) is 0.667. The summed E-state index contributed by atoms with van der Waals surface area (Å²) < 4.78 is 0. The largest absolute Gasteiger partial charge is 0.351 e. The van der Waals surface area contributed by atoms with Gasteiger partial charge in [-0.25, -0.2) is 0 Å². The molecule has 0 atom stereocenters. The first-order valence-corrected chi connectivity index (χ1v) is 6.10. The number of carbonyl (C=O) groups excluding carboxylic acids is 1. The van der Waals surface area contributed by atoms with E-state index in [1.54, 1.807) is 0 Å². The molecule has 1 amide bonds. The standard InChI is InChI=1S/C12H21N3O/c1-3-5-6-8-13-12(16)11-9-10(7-4-2)14-15-11/h9H,3-8H2,1-2H3,(H,13,16)(H,14,15). The summed E-state index contributed by atoms with van der Waals surface area (Å²) in [6.45, 7) is 4.99. The Bertz CT molecular complexity index is 320. The lowest BCUT2D eigenvalue weighted by Gasteiger charge is -2.01. The Balaban J connectivity index is 2.34. The van der Waals surface area contributed by atoms with Crippen molar-refractivity contribution in [2.24, 2.45) is 0 Å². The second-order valence-corrected chi connectivity index (χ2v) is 3.99. The molecule has 0 unspecified atom stereocenters. The normalized spacial score (nSPS) is 10.4. The van der Waals surface area contributed by atoms with Gasteiger partial charge >= 0.3 is 0 Å². The van der Waals surface area contributed by atoms with E-state index < -0.39 is 0 Å². The Morgan fingerprint density at radius 1 is 1.38 bits per heavy atom. The Morgan fingerprint density at radius 2 is 2.19 bits per heavy atom. The molecule has 0 spiro atoms. The highest BCUT2D eigenvalue weighted by Gasteiger charge is 2.08. The molecule has 4 heteroatoms. The van der Waals surface area contributed by atoms with Crippen molar-refractivity contribution in [3.8, 4) is 0 Å². The number of nitrogens with zero attached hydrogens (tertiary/aromatic N) is 1. The zero-order valence-electron chi connectivity index (χ0n) is 10.2. The van der Waals surface area contributed by atoms with Crippen molar-refractivity contribution in [1.29, 1.82) is 0 Å². The van der Waals surface area contributed by atoms with Gasteiger partial charge in [-0.1, -0.05) is 33.1 Å². The predicted octanol–water partition coefficient (Wildman–Crippen LogP) is 2.28. The fourth-order valence-corrected chi connectivity index (χ4v) is 1.54. The van der Waals surface area contributed by atoms with E-state index in [0.717, 1.165) is 37.9 Å². The Hall–Kier alpha value is -1.32. The first-order chi connectivity index (χ1) is 7.77. The third kappa shape index (κ3) is 4.04. The molecule has 0 radical (unpaired) electrons. The van der Waals surface area contributed by atoms with Gasteiger partial charge in [0.2, 0.25) is 0 Å². The number of unbranched alkanes of at least 4 members (excludes halogenated alkanes) is 2. The van der Waals surface area contributed by atoms with Crippen molar-refractivity contribution in [3.05, 3.63) is 17.5 Å². The summed E-state index contributed by atoms with van der Waals surface area (Å²) in [6.07, 6.45) is 5.35. The van der Waals surface area contributed by atoms with Crippen molar-refractivity contribution in [1.82, 2.24) is 15.5 Å². The molecule has 1 rings (SSSR count). The number of rotatable bonds is 7. The van der Waals surface area contributed by atoms with E-state index in [-0.39, 0.29) is 5.91 Å². The molecule has 2 N–H and O–H groups in total. The van der Waals surface area contributed by atoms with Crippen LogP contribution in [0.4, 0.5) is 0 Å². The van der Waals surface area contributed by atoms with E-state index in [1.165, 1.54) is 6.42 Å². The average Bonchev–Trinajstić information content (AvgIpc) is 2.73. The third-order valence-electron chi connectivity index (χ3n) is 2.45. The molecule has 16 heavy (non-hydrogen) atoms. The smallest absolute Gasteiger partial charge is 0.271 e. The molecule has 1 aromatic rings. The molecular formula is C12H21N3O. The summed E-state index contributed by atoms with van der Waals surface area (Å²) in [6, 6.07) is 1.83. The molecule has 0 aliphatic carbocycles. The first kappa shape index (κ1) is 12.7. The maximum Gasteiger partial charge on any atom is 0.271 e. The van der Waals surface area contributed by atoms with Crippen molar-refractivity contribution in [3.63, 3.8) is 0 Å². The van der Waals surface area contributed by atoms with E-state index in [4.69, 9.17) is 0 Å². The topological polar surface area (TPSA) is 57.8 Å². The molecule has 0 aliphatic heterocycles. The van der Waals surface area contributed by atoms with Crippen LogP contribution < -0.4 is 5.32 Å². The van der Waals surface area contributed by atoms with Crippen LogP contribution in [0.1, 0.15) is 55.7 Å². The highest BCUT2D eigenvalue weighted by molar-refractivity contribution is 5.92. The fourth-order valence-electron chi connectivity index (χ4n) is 1.54. The van der Waals surface area contributed by atoms with Gasteiger partial charge in [-0.2, -0.15) is 5.10 Å². The summed E-state index contributed by atoms with van der Waals surface area (Å²) in [5.74, 6) is -0.0743. The van der Waals surface area contributed by atoms with Crippen LogP contribution in [0.5, 0.6) is 0 Å². The van der Waals surface area contributed by atoms with E-state index in [9.17, 15) is 4.79 Å². The molecule has 0 aliphatic rings. The number of carbonyl (C=O) groups is 1. The molecular weight excluding hydrogens is 202 g/mol. The van der Waals surface area contributed by atoms with Crippen molar-refractivity contribution < 1.29 is 4.79 Å². The highest BCUT2D eigenvalue weighted by atomic mass is 16.1. The van der Waals surface area contributed by atoms with Gasteiger partial charge in [0.15, 0.2) is 0 Å². The van der Waals surface area contributed by atoms with Crippen molar-refractivity contribution in [2.75, 3.05) is 6.54 Å². The molecule has 0 aromatic carbocycles. The summed E-state index contributed by atoms with van der Waals surface area (Å²) >= 11 is 0. The summed E-state index contributed by atoms with van der Waals surface area (Å²) in [7, 11) is 0. The van der Waals surface area contributed by atoms with Crippen LogP contribution in [0, 0.1) is 0 Å². The van der Waals surface area contributed by atoms with Crippen LogP contribution in [-0.2, 0) is 6.42 Å². The minimum atomic E-state index is -0.0743. The third-order valence-corrected chi connectivity index (χ3v) is 2.45. The molecule has 0 saturated carbocycles. The van der Waals surface area contributed by atoms with E-state index in [0.29, 0.717) is 5.69 Å². The lowest BCUT2D eigenvalue weighted by atomic mass is 10.2. The number of H-pyrrole nitrogens is 1. The zero-order chi connectivity index (χ0) is 11.8. The lowest BCUT2D eigenvalue weighted by molar-refractivity contribution is 0.0948. The van der Waals surface area contributed by atoms with Gasteiger partial charge in [-0.05, 0) is 18.9 Å². The monoisotopic (exact) mass is 223 g/mol. The van der Waals surface area contributed by atoms with Gasteiger partial charge in [-0.15, -0.1) is 0 Å². The van der Waals surface area contributed by atoms with Crippen LogP contribution >= 0.6 is 0 Å². The van der Waals surface area contributed by atoms with E-state index in [2.05, 4.69) is 29.4 Å². The predicted molar refractivity (Wildman–Crippen MR) is 64.4 cm³/mol. The maximum absolute atomic E-state index is 11.6. The number of nitrogens with one attached hydrogen (secondary N) is 2. The highest BCUT2D eigenvalue weighted by Crippen LogP contribution is 2.02. The van der Waals surface area contributed by atoms with E-state index >= 15 is 0 Å². The molecule has 4 nitrogen and oxygen atoms in total. The Labute approximate surface area is 96.8 Å². The van der Waals surface area contributed by atoms with Crippen molar-refractivity contribution in [2.45, 2.75) is 46.0 Å². The molecule has 1 heterocycles. The number of aryl methyl sites for hydroxylation is 1. The van der Waals surface area contributed by atoms with Crippen molar-refractivity contribution >= 4 is 5.91 Å². The number of hydrogen-bond acceptors (Lipinski definition) is 2. The average molecular weight is 223 g/mol. The summed E-state index contributed by atoms with van der Waals surface area (Å²) in [5, 5.41) is 9.74. The van der Waals surface area contributed by atoms with Crippen LogP contribution in [0.3, 0.4) is 0 Å². The second kappa shape index (κ2) is 7.04. The molecule has 0 bridgehead atoms. The van der Waals surface area contributed by atoms with Gasteiger partial charge in [0.25, 0.3) is 5.91 Å². The quantitative estimate of drug-likeness (QED) is 0.697. The Morgan fingerprint density at radius 3 is 2.88 bits per heavy atom. The second-order valence-electron chi connectivity index (χ2n) is 3.99. The van der Waals surface area contributed by atoms with Gasteiger partial charge in [0, 0.05) is 12.2 Å². The SMILES string of the molecule is CCCCCNC(=O)c1cc(CCC)[nH]n1. The number of amides is 1. The molecule has 1 aromatic heterocycles. The number of aromatic amines is 1. The minimum absolute atomic E-state index is 0.0743. The molecule has 90 valence electrons.